The lowest BCUT2D eigenvalue weighted by Gasteiger charge is -2.17. The maximum Gasteiger partial charge on any atom is 0.227 e. The van der Waals surface area contributed by atoms with E-state index in [-0.39, 0.29) is 24.2 Å². The fraction of sp³-hybridized carbons (Fsp3) is 0.300. The molecule has 0 bridgehead atoms. The van der Waals surface area contributed by atoms with E-state index < -0.39 is 0 Å². The monoisotopic (exact) mass is 322 g/mol. The molecule has 0 aromatic heterocycles. The van der Waals surface area contributed by atoms with Crippen LogP contribution in [0.3, 0.4) is 0 Å². The first-order valence-electron chi connectivity index (χ1n) is 8.23. The van der Waals surface area contributed by atoms with Gasteiger partial charge in [0.2, 0.25) is 11.8 Å². The number of anilines is 1. The molecule has 2 aromatic carbocycles. The minimum Gasteiger partial charge on any atom is -0.352 e. The number of nitrogens with zero attached hydrogens (tertiary/aromatic N) is 1. The van der Waals surface area contributed by atoms with Gasteiger partial charge in [-0.1, -0.05) is 42.0 Å². The third kappa shape index (κ3) is 3.65. The average molecular weight is 322 g/mol. The summed E-state index contributed by atoms with van der Waals surface area (Å²) >= 11 is 0. The van der Waals surface area contributed by atoms with E-state index in [1.54, 1.807) is 4.90 Å². The van der Waals surface area contributed by atoms with Crippen LogP contribution in [0.5, 0.6) is 0 Å². The summed E-state index contributed by atoms with van der Waals surface area (Å²) in [5, 5.41) is 2.95. The number of benzene rings is 2. The zero-order valence-electron chi connectivity index (χ0n) is 14.1. The molecule has 1 fully saturated rings. The van der Waals surface area contributed by atoms with E-state index in [1.807, 2.05) is 56.3 Å². The fourth-order valence-electron chi connectivity index (χ4n) is 3.08. The molecule has 124 valence electrons. The lowest BCUT2D eigenvalue weighted by molar-refractivity contribution is -0.126. The Morgan fingerprint density at radius 2 is 1.83 bits per heavy atom. The van der Waals surface area contributed by atoms with E-state index in [4.69, 9.17) is 0 Å². The van der Waals surface area contributed by atoms with Crippen LogP contribution in [0.2, 0.25) is 0 Å². The van der Waals surface area contributed by atoms with Gasteiger partial charge in [-0.05, 0) is 37.1 Å². The van der Waals surface area contributed by atoms with Crippen molar-refractivity contribution in [3.05, 3.63) is 65.2 Å². The van der Waals surface area contributed by atoms with Crippen molar-refractivity contribution in [2.45, 2.75) is 26.8 Å². The minimum absolute atomic E-state index is 0.0105. The molecule has 4 nitrogen and oxygen atoms in total. The molecule has 2 amide bonds. The molecule has 1 heterocycles. The van der Waals surface area contributed by atoms with Crippen molar-refractivity contribution >= 4 is 17.5 Å². The summed E-state index contributed by atoms with van der Waals surface area (Å²) in [5.74, 6) is -0.334. The first-order valence-corrected chi connectivity index (χ1v) is 8.23. The highest BCUT2D eigenvalue weighted by molar-refractivity contribution is 6.00. The van der Waals surface area contributed by atoms with Gasteiger partial charge in [0.25, 0.3) is 0 Å². The van der Waals surface area contributed by atoms with Gasteiger partial charge in [-0.3, -0.25) is 9.59 Å². The standard InChI is InChI=1S/C20H22N2O2/c1-14-5-3-7-16(9-14)12-21-20(24)17-11-19(23)22(13-17)18-8-4-6-15(2)10-18/h3-10,17H,11-13H2,1-2H3,(H,21,24)/t17-/m1/s1. The van der Waals surface area contributed by atoms with Crippen LogP contribution in [0.15, 0.2) is 48.5 Å². The molecule has 0 saturated carbocycles. The second-order valence-corrected chi connectivity index (χ2v) is 6.45. The molecule has 4 heteroatoms. The van der Waals surface area contributed by atoms with Crippen molar-refractivity contribution in [1.82, 2.24) is 5.32 Å². The van der Waals surface area contributed by atoms with Crippen molar-refractivity contribution in [2.75, 3.05) is 11.4 Å². The first kappa shape index (κ1) is 16.2. The summed E-state index contributed by atoms with van der Waals surface area (Å²) in [7, 11) is 0. The maximum absolute atomic E-state index is 12.4. The van der Waals surface area contributed by atoms with Gasteiger partial charge in [-0.2, -0.15) is 0 Å². The molecule has 1 aliphatic rings. The Morgan fingerprint density at radius 3 is 2.54 bits per heavy atom. The number of hydrogen-bond donors (Lipinski definition) is 1. The van der Waals surface area contributed by atoms with Gasteiger partial charge in [-0.25, -0.2) is 0 Å². The van der Waals surface area contributed by atoms with Crippen LogP contribution in [-0.2, 0) is 16.1 Å². The normalized spacial score (nSPS) is 17.2. The van der Waals surface area contributed by atoms with Gasteiger partial charge < -0.3 is 10.2 Å². The zero-order valence-corrected chi connectivity index (χ0v) is 14.1. The third-order valence-corrected chi connectivity index (χ3v) is 4.36. The van der Waals surface area contributed by atoms with Crippen LogP contribution in [-0.4, -0.2) is 18.4 Å². The molecule has 1 N–H and O–H groups in total. The van der Waals surface area contributed by atoms with E-state index in [1.165, 1.54) is 5.56 Å². The van der Waals surface area contributed by atoms with Crippen molar-refractivity contribution in [1.29, 1.82) is 0 Å². The van der Waals surface area contributed by atoms with Crippen LogP contribution in [0, 0.1) is 19.8 Å². The smallest absolute Gasteiger partial charge is 0.227 e. The molecule has 0 spiro atoms. The first-order chi connectivity index (χ1) is 11.5. The van der Waals surface area contributed by atoms with Crippen LogP contribution < -0.4 is 10.2 Å². The zero-order chi connectivity index (χ0) is 17.1. The van der Waals surface area contributed by atoms with Crippen molar-refractivity contribution in [2.24, 2.45) is 5.92 Å². The molecule has 0 radical (unpaired) electrons. The number of aryl methyl sites for hydroxylation is 2. The number of carbonyl (C=O) groups is 2. The van der Waals surface area contributed by atoms with Crippen molar-refractivity contribution in [3.8, 4) is 0 Å². The summed E-state index contributed by atoms with van der Waals surface area (Å²) < 4.78 is 0. The molecular formula is C20H22N2O2. The molecule has 3 rings (SSSR count). The largest absolute Gasteiger partial charge is 0.352 e. The van der Waals surface area contributed by atoms with Gasteiger partial charge in [0.05, 0.1) is 5.92 Å². The lowest BCUT2D eigenvalue weighted by atomic mass is 10.1. The summed E-state index contributed by atoms with van der Waals surface area (Å²) in [6.07, 6.45) is 0.271. The Hall–Kier alpha value is -2.62. The van der Waals surface area contributed by atoms with Gasteiger partial charge in [-0.15, -0.1) is 0 Å². The number of nitrogens with one attached hydrogen (secondary N) is 1. The number of hydrogen-bond acceptors (Lipinski definition) is 2. The van der Waals surface area contributed by atoms with E-state index in [9.17, 15) is 9.59 Å². The quantitative estimate of drug-likeness (QED) is 0.941. The second-order valence-electron chi connectivity index (χ2n) is 6.45. The van der Waals surface area contributed by atoms with E-state index in [2.05, 4.69) is 11.4 Å². The van der Waals surface area contributed by atoms with Gasteiger partial charge >= 0.3 is 0 Å². The second kappa shape index (κ2) is 6.87. The summed E-state index contributed by atoms with van der Waals surface area (Å²) in [6, 6.07) is 15.9. The summed E-state index contributed by atoms with van der Waals surface area (Å²) in [4.78, 5) is 26.4. The van der Waals surface area contributed by atoms with Crippen molar-refractivity contribution < 1.29 is 9.59 Å². The maximum atomic E-state index is 12.4. The highest BCUT2D eigenvalue weighted by Gasteiger charge is 2.34. The topological polar surface area (TPSA) is 49.4 Å². The molecule has 0 unspecified atom stereocenters. The number of amides is 2. The van der Waals surface area contributed by atoms with Crippen LogP contribution in [0.25, 0.3) is 0 Å². The van der Waals surface area contributed by atoms with E-state index in [0.29, 0.717) is 13.1 Å². The predicted molar refractivity (Wildman–Crippen MR) is 94.7 cm³/mol. The Kier molecular flexibility index (Phi) is 4.65. The SMILES string of the molecule is Cc1cccc(CNC(=O)[C@@H]2CC(=O)N(c3cccc(C)c3)C2)c1. The Morgan fingerprint density at radius 1 is 1.12 bits per heavy atom. The molecule has 1 saturated heterocycles. The molecular weight excluding hydrogens is 300 g/mol. The lowest BCUT2D eigenvalue weighted by Crippen LogP contribution is -2.32. The highest BCUT2D eigenvalue weighted by atomic mass is 16.2. The Labute approximate surface area is 142 Å². The highest BCUT2D eigenvalue weighted by Crippen LogP contribution is 2.25. The molecule has 1 atom stereocenters. The molecule has 1 aliphatic heterocycles. The number of carbonyl (C=O) groups excluding carboxylic acids is 2. The van der Waals surface area contributed by atoms with Crippen LogP contribution in [0.1, 0.15) is 23.1 Å². The van der Waals surface area contributed by atoms with Gasteiger partial charge in [0.15, 0.2) is 0 Å². The van der Waals surface area contributed by atoms with E-state index >= 15 is 0 Å². The minimum atomic E-state index is -0.289. The van der Waals surface area contributed by atoms with Crippen LogP contribution >= 0.6 is 0 Å². The third-order valence-electron chi connectivity index (χ3n) is 4.36. The fourth-order valence-corrected chi connectivity index (χ4v) is 3.08. The Bertz CT molecular complexity index is 770. The van der Waals surface area contributed by atoms with Crippen molar-refractivity contribution in [3.63, 3.8) is 0 Å². The summed E-state index contributed by atoms with van der Waals surface area (Å²) in [6.45, 7) is 4.97. The summed E-state index contributed by atoms with van der Waals surface area (Å²) in [5.41, 5.74) is 4.22. The van der Waals surface area contributed by atoms with Gasteiger partial charge in [0, 0.05) is 25.2 Å². The molecule has 0 aliphatic carbocycles. The average Bonchev–Trinajstić information content (AvgIpc) is 2.95. The predicted octanol–water partition coefficient (Wildman–Crippen LogP) is 2.97. The van der Waals surface area contributed by atoms with Gasteiger partial charge in [0.1, 0.15) is 0 Å². The van der Waals surface area contributed by atoms with E-state index in [0.717, 1.165) is 16.8 Å². The molecule has 2 aromatic rings. The number of rotatable bonds is 4. The van der Waals surface area contributed by atoms with Crippen LogP contribution in [0.4, 0.5) is 5.69 Å². The molecule has 24 heavy (non-hydrogen) atoms. The Balaban J connectivity index is 1.61.